The van der Waals surface area contributed by atoms with Crippen molar-refractivity contribution >= 4 is 9.52 Å². The third kappa shape index (κ3) is 3.41. The minimum absolute atomic E-state index is 0.294. The molecule has 0 aliphatic rings. The van der Waals surface area contributed by atoms with Gasteiger partial charge in [0, 0.05) is 11.2 Å². The van der Waals surface area contributed by atoms with E-state index < -0.39 is 0 Å². The van der Waals surface area contributed by atoms with E-state index in [0.29, 0.717) is 5.67 Å². The maximum atomic E-state index is 4.33. The summed E-state index contributed by atoms with van der Waals surface area (Å²) in [5.74, 6) is 0. The summed E-state index contributed by atoms with van der Waals surface area (Å²) in [5, 5.41) is 10.2. The molecule has 1 atom stereocenters. The molecule has 100 valence electrons. The molecule has 0 amide bonds. The van der Waals surface area contributed by atoms with E-state index in [-0.39, 0.29) is 9.52 Å². The Balaban J connectivity index is 2.20. The quantitative estimate of drug-likeness (QED) is 0.783. The third-order valence-electron chi connectivity index (χ3n) is 3.48. The molecule has 2 rings (SSSR count). The molecule has 0 aliphatic heterocycles. The largest absolute Gasteiger partial charge is 0.252 e. The number of nitrogens with zero attached hydrogens (tertiary/aromatic N) is 3. The zero-order chi connectivity index (χ0) is 13.7. The zero-order valence-corrected chi connectivity index (χ0v) is 13.3. The Labute approximate surface area is 117 Å². The van der Waals surface area contributed by atoms with E-state index >= 15 is 0 Å². The second-order valence-corrected chi connectivity index (χ2v) is 7.32. The fourth-order valence-corrected chi connectivity index (χ4v) is 3.74. The van der Waals surface area contributed by atoms with Crippen molar-refractivity contribution in [3.8, 4) is 11.3 Å². The van der Waals surface area contributed by atoms with Gasteiger partial charge in [-0.1, -0.05) is 53.7 Å². The number of hydrogen-bond donors (Lipinski definition) is 0. The Morgan fingerprint density at radius 2 is 2.11 bits per heavy atom. The molecule has 1 heterocycles. The van der Waals surface area contributed by atoms with Gasteiger partial charge in [-0.05, 0) is 20.3 Å². The van der Waals surface area contributed by atoms with Crippen LogP contribution in [0, 0.1) is 0 Å². The number of benzene rings is 1. The molecule has 0 radical (unpaired) electrons. The average molecular weight is 271 g/mol. The highest BCUT2D eigenvalue weighted by atomic mass is 28.2. The van der Waals surface area contributed by atoms with Crippen LogP contribution in [0.4, 0.5) is 0 Å². The fraction of sp³-hybridized carbons (Fsp3) is 0.333. The minimum atomic E-state index is -0.294. The molecule has 2 aromatic rings. The number of rotatable bonds is 5. The lowest BCUT2D eigenvalue weighted by molar-refractivity contribution is 0.549. The second kappa shape index (κ2) is 6.47. The second-order valence-electron chi connectivity index (χ2n) is 4.85. The van der Waals surface area contributed by atoms with Gasteiger partial charge in [-0.15, -0.1) is 5.10 Å². The van der Waals surface area contributed by atoms with Crippen molar-refractivity contribution < 1.29 is 0 Å². The number of aromatic nitrogens is 3. The lowest BCUT2D eigenvalue weighted by Gasteiger charge is -2.14. The first-order valence-corrected chi connectivity index (χ1v) is 8.36. The molecule has 1 unspecified atom stereocenters. The number of hydrogen-bond acceptors (Lipinski definition) is 2. The molecule has 19 heavy (non-hydrogen) atoms. The number of allylic oxidation sites excluding steroid dienone is 2. The van der Waals surface area contributed by atoms with Crippen LogP contribution in [0.5, 0.6) is 0 Å². The molecular weight excluding hydrogens is 250 g/mol. The molecule has 0 fully saturated rings. The predicted molar refractivity (Wildman–Crippen MR) is 82.8 cm³/mol. The van der Waals surface area contributed by atoms with Crippen molar-refractivity contribution in [2.75, 3.05) is 0 Å². The Morgan fingerprint density at radius 1 is 1.37 bits per heavy atom. The normalized spacial score (nSPS) is 14.2. The smallest absolute Gasteiger partial charge is 0.113 e. The van der Waals surface area contributed by atoms with E-state index in [9.17, 15) is 0 Å². The van der Waals surface area contributed by atoms with Gasteiger partial charge in [0.25, 0.3) is 0 Å². The van der Waals surface area contributed by atoms with Crippen LogP contribution in [0.15, 0.2) is 47.8 Å². The molecule has 0 aliphatic carbocycles. The Morgan fingerprint density at radius 3 is 2.74 bits per heavy atom. The van der Waals surface area contributed by atoms with Crippen LogP contribution in [-0.4, -0.2) is 24.5 Å². The summed E-state index contributed by atoms with van der Waals surface area (Å²) in [6.45, 7) is 6.57. The van der Waals surface area contributed by atoms with Crippen LogP contribution >= 0.6 is 0 Å². The average Bonchev–Trinajstić information content (AvgIpc) is 2.95. The predicted octanol–water partition coefficient (Wildman–Crippen LogP) is 2.95. The van der Waals surface area contributed by atoms with E-state index in [1.165, 1.54) is 5.20 Å². The van der Waals surface area contributed by atoms with Crippen molar-refractivity contribution in [2.45, 2.75) is 32.9 Å². The zero-order valence-electron chi connectivity index (χ0n) is 11.9. The van der Waals surface area contributed by atoms with Crippen molar-refractivity contribution in [2.24, 2.45) is 0 Å². The topological polar surface area (TPSA) is 30.7 Å². The van der Waals surface area contributed by atoms with Crippen molar-refractivity contribution in [3.05, 3.63) is 47.8 Å². The Bertz CT molecular complexity index is 546. The van der Waals surface area contributed by atoms with Crippen molar-refractivity contribution in [1.29, 1.82) is 0 Å². The molecule has 4 heteroatoms. The van der Waals surface area contributed by atoms with E-state index in [2.05, 4.69) is 60.2 Å². The van der Waals surface area contributed by atoms with Gasteiger partial charge in [-0.2, -0.15) is 0 Å². The SMILES string of the molecule is CC=C(C)[SiH2]C(CC)n1cc(-c2ccccc2)nn1. The van der Waals surface area contributed by atoms with E-state index in [1.807, 2.05) is 18.2 Å². The van der Waals surface area contributed by atoms with Gasteiger partial charge < -0.3 is 0 Å². The maximum Gasteiger partial charge on any atom is 0.113 e. The van der Waals surface area contributed by atoms with Crippen LogP contribution in [0.1, 0.15) is 32.9 Å². The molecule has 1 aromatic carbocycles. The molecule has 0 spiro atoms. The first-order chi connectivity index (χ1) is 9.24. The molecule has 0 bridgehead atoms. The highest BCUT2D eigenvalue weighted by Gasteiger charge is 2.13. The highest BCUT2D eigenvalue weighted by Crippen LogP contribution is 2.18. The van der Waals surface area contributed by atoms with Gasteiger partial charge in [0.1, 0.15) is 5.69 Å². The van der Waals surface area contributed by atoms with Gasteiger partial charge in [0.15, 0.2) is 0 Å². The minimum Gasteiger partial charge on any atom is -0.252 e. The maximum absolute atomic E-state index is 4.33. The summed E-state index contributed by atoms with van der Waals surface area (Å²) in [6, 6.07) is 10.2. The fourth-order valence-electron chi connectivity index (χ4n) is 2.11. The van der Waals surface area contributed by atoms with E-state index in [1.54, 1.807) is 0 Å². The Hall–Kier alpha value is -1.68. The van der Waals surface area contributed by atoms with Gasteiger partial charge >= 0.3 is 0 Å². The summed E-state index contributed by atoms with van der Waals surface area (Å²) in [6.07, 6.45) is 5.43. The molecule has 3 nitrogen and oxygen atoms in total. The summed E-state index contributed by atoms with van der Waals surface area (Å²) in [4.78, 5) is 0. The summed E-state index contributed by atoms with van der Waals surface area (Å²) >= 11 is 0. The van der Waals surface area contributed by atoms with Crippen LogP contribution in [0.2, 0.25) is 0 Å². The third-order valence-corrected chi connectivity index (χ3v) is 5.95. The van der Waals surface area contributed by atoms with Crippen LogP contribution < -0.4 is 0 Å². The van der Waals surface area contributed by atoms with Crippen LogP contribution in [0.3, 0.4) is 0 Å². The molecule has 0 saturated carbocycles. The highest BCUT2D eigenvalue weighted by molar-refractivity contribution is 6.45. The lowest BCUT2D eigenvalue weighted by atomic mass is 10.2. The van der Waals surface area contributed by atoms with Gasteiger partial charge in [-0.3, -0.25) is 4.68 Å². The van der Waals surface area contributed by atoms with E-state index in [4.69, 9.17) is 0 Å². The first-order valence-electron chi connectivity index (χ1n) is 6.83. The van der Waals surface area contributed by atoms with E-state index in [0.717, 1.165) is 17.7 Å². The molecular formula is C15H21N3Si. The lowest BCUT2D eigenvalue weighted by Crippen LogP contribution is -2.17. The molecule has 0 N–H and O–H groups in total. The van der Waals surface area contributed by atoms with Gasteiger partial charge in [0.2, 0.25) is 0 Å². The van der Waals surface area contributed by atoms with Crippen molar-refractivity contribution in [1.82, 2.24) is 15.0 Å². The van der Waals surface area contributed by atoms with Crippen LogP contribution in [-0.2, 0) is 0 Å². The summed E-state index contributed by atoms with van der Waals surface area (Å²) in [7, 11) is -0.294. The molecule has 1 aromatic heterocycles. The Kier molecular flexibility index (Phi) is 4.68. The summed E-state index contributed by atoms with van der Waals surface area (Å²) < 4.78 is 2.06. The van der Waals surface area contributed by atoms with Gasteiger partial charge in [-0.25, -0.2) is 0 Å². The summed E-state index contributed by atoms with van der Waals surface area (Å²) in [5.41, 5.74) is 2.63. The first kappa shape index (κ1) is 13.7. The van der Waals surface area contributed by atoms with Crippen LogP contribution in [0.25, 0.3) is 11.3 Å². The monoisotopic (exact) mass is 271 g/mol. The molecule has 0 saturated heterocycles. The van der Waals surface area contributed by atoms with Crippen molar-refractivity contribution in [3.63, 3.8) is 0 Å². The van der Waals surface area contributed by atoms with Gasteiger partial charge in [0.05, 0.1) is 15.7 Å². The standard InChI is InChI=1S/C15H21N3Si/c1-4-12(3)19-15(5-2)18-11-14(16-17-18)13-9-7-6-8-10-13/h4,6-11,15H,5,19H2,1-3H3.